The van der Waals surface area contributed by atoms with Crippen molar-refractivity contribution in [1.82, 2.24) is 9.97 Å². The summed E-state index contributed by atoms with van der Waals surface area (Å²) in [4.78, 5) is 17.8. The molecule has 1 aliphatic carbocycles. The average molecular weight is 246 g/mol. The third-order valence-corrected chi connectivity index (χ3v) is 2.86. The van der Waals surface area contributed by atoms with Gasteiger partial charge in [0, 0.05) is 5.56 Å². The number of alkyl halides is 3. The molecule has 6 heteroatoms. The van der Waals surface area contributed by atoms with Crippen LogP contribution in [0.3, 0.4) is 0 Å². The van der Waals surface area contributed by atoms with E-state index in [1.807, 2.05) is 0 Å². The molecule has 0 fully saturated rings. The molecule has 0 atom stereocenters. The van der Waals surface area contributed by atoms with E-state index in [9.17, 15) is 18.0 Å². The molecule has 0 aliphatic heterocycles. The smallest absolute Gasteiger partial charge is 0.310 e. The van der Waals surface area contributed by atoms with E-state index in [1.54, 1.807) is 0 Å². The van der Waals surface area contributed by atoms with Gasteiger partial charge in [-0.15, -0.1) is 0 Å². The standard InChI is InChI=1S/C11H13F3N2O/c12-11(13,14)6-9-15-8-5-3-1-2-4-7(8)10(17)16-9/h1-6H2,(H,15,16,17). The highest BCUT2D eigenvalue weighted by atomic mass is 19.4. The van der Waals surface area contributed by atoms with Crippen LogP contribution in [0.5, 0.6) is 0 Å². The Kier molecular flexibility index (Phi) is 3.22. The Morgan fingerprint density at radius 2 is 1.88 bits per heavy atom. The number of rotatable bonds is 1. The topological polar surface area (TPSA) is 45.8 Å². The molecular weight excluding hydrogens is 233 g/mol. The number of hydrogen-bond donors (Lipinski definition) is 1. The summed E-state index contributed by atoms with van der Waals surface area (Å²) < 4.78 is 36.7. The van der Waals surface area contributed by atoms with E-state index >= 15 is 0 Å². The Labute approximate surface area is 96.1 Å². The monoisotopic (exact) mass is 246 g/mol. The summed E-state index contributed by atoms with van der Waals surface area (Å²) in [6, 6.07) is 0. The maximum atomic E-state index is 12.2. The van der Waals surface area contributed by atoms with Gasteiger partial charge >= 0.3 is 6.18 Å². The van der Waals surface area contributed by atoms with Gasteiger partial charge in [0.05, 0.1) is 5.69 Å². The van der Waals surface area contributed by atoms with Crippen LogP contribution in [0, 0.1) is 0 Å². The molecule has 1 aromatic rings. The number of hydrogen-bond acceptors (Lipinski definition) is 2. The van der Waals surface area contributed by atoms with Crippen LogP contribution in [0.1, 0.15) is 36.3 Å². The van der Waals surface area contributed by atoms with Crippen LogP contribution in [0.25, 0.3) is 0 Å². The average Bonchev–Trinajstić information content (AvgIpc) is 2.40. The Balaban J connectivity index is 2.36. The van der Waals surface area contributed by atoms with Gasteiger partial charge in [-0.05, 0) is 25.7 Å². The van der Waals surface area contributed by atoms with Gasteiger partial charge in [0.2, 0.25) is 0 Å². The molecule has 0 radical (unpaired) electrons. The SMILES string of the molecule is O=c1[nH]c(CC(F)(F)F)nc2c1CCCCC2. The normalized spacial score (nSPS) is 16.4. The van der Waals surface area contributed by atoms with Gasteiger partial charge in [0.1, 0.15) is 12.2 Å². The van der Waals surface area contributed by atoms with Crippen molar-refractivity contribution < 1.29 is 13.2 Å². The first-order valence-corrected chi connectivity index (χ1v) is 5.63. The van der Waals surface area contributed by atoms with Gasteiger partial charge in [0.25, 0.3) is 5.56 Å². The minimum Gasteiger partial charge on any atom is -0.310 e. The summed E-state index contributed by atoms with van der Waals surface area (Å²) in [6.45, 7) is 0. The van der Waals surface area contributed by atoms with Gasteiger partial charge in [0.15, 0.2) is 0 Å². The molecule has 2 rings (SSSR count). The van der Waals surface area contributed by atoms with Crippen LogP contribution in [-0.2, 0) is 19.3 Å². The van der Waals surface area contributed by atoms with E-state index < -0.39 is 18.2 Å². The lowest BCUT2D eigenvalue weighted by Gasteiger charge is -2.09. The van der Waals surface area contributed by atoms with Gasteiger partial charge in [-0.1, -0.05) is 6.42 Å². The van der Waals surface area contributed by atoms with Crippen molar-refractivity contribution >= 4 is 0 Å². The number of aromatic nitrogens is 2. The summed E-state index contributed by atoms with van der Waals surface area (Å²) >= 11 is 0. The first kappa shape index (κ1) is 12.1. The number of nitrogens with zero attached hydrogens (tertiary/aromatic N) is 1. The van der Waals surface area contributed by atoms with Crippen molar-refractivity contribution in [2.24, 2.45) is 0 Å². The molecule has 94 valence electrons. The minimum atomic E-state index is -4.34. The number of aromatic amines is 1. The van der Waals surface area contributed by atoms with E-state index in [0.717, 1.165) is 19.3 Å². The number of halogens is 3. The molecule has 0 unspecified atom stereocenters. The number of aryl methyl sites for hydroxylation is 1. The molecule has 1 N–H and O–H groups in total. The van der Waals surface area contributed by atoms with Crippen LogP contribution in [0.2, 0.25) is 0 Å². The third-order valence-electron chi connectivity index (χ3n) is 2.86. The van der Waals surface area contributed by atoms with E-state index in [1.165, 1.54) is 0 Å². The second-order valence-corrected chi connectivity index (χ2v) is 4.29. The summed E-state index contributed by atoms with van der Waals surface area (Å²) in [7, 11) is 0. The van der Waals surface area contributed by atoms with Crippen molar-refractivity contribution in [3.63, 3.8) is 0 Å². The van der Waals surface area contributed by atoms with Crippen molar-refractivity contribution in [3.05, 3.63) is 27.4 Å². The lowest BCUT2D eigenvalue weighted by molar-refractivity contribution is -0.128. The molecule has 1 heterocycles. The molecule has 0 aromatic carbocycles. The molecule has 3 nitrogen and oxygen atoms in total. The molecule has 0 amide bonds. The minimum absolute atomic E-state index is 0.275. The molecular formula is C11H13F3N2O. The van der Waals surface area contributed by atoms with Crippen LogP contribution < -0.4 is 5.56 Å². The largest absolute Gasteiger partial charge is 0.396 e. The van der Waals surface area contributed by atoms with Crippen molar-refractivity contribution in [2.45, 2.75) is 44.7 Å². The van der Waals surface area contributed by atoms with Crippen molar-refractivity contribution in [2.75, 3.05) is 0 Å². The van der Waals surface area contributed by atoms with E-state index in [0.29, 0.717) is 24.1 Å². The fourth-order valence-electron chi connectivity index (χ4n) is 2.11. The highest BCUT2D eigenvalue weighted by Gasteiger charge is 2.29. The molecule has 0 saturated heterocycles. The maximum absolute atomic E-state index is 12.2. The van der Waals surface area contributed by atoms with Gasteiger partial charge in [-0.3, -0.25) is 4.79 Å². The van der Waals surface area contributed by atoms with Gasteiger partial charge < -0.3 is 4.98 Å². The quantitative estimate of drug-likeness (QED) is 0.772. The second-order valence-electron chi connectivity index (χ2n) is 4.29. The van der Waals surface area contributed by atoms with Gasteiger partial charge in [-0.25, -0.2) is 4.98 Å². The van der Waals surface area contributed by atoms with Crippen LogP contribution in [-0.4, -0.2) is 16.1 Å². The highest BCUT2D eigenvalue weighted by molar-refractivity contribution is 5.19. The predicted octanol–water partition coefficient (Wildman–Crippen LogP) is 2.14. The zero-order valence-corrected chi connectivity index (χ0v) is 9.23. The maximum Gasteiger partial charge on any atom is 0.396 e. The van der Waals surface area contributed by atoms with E-state index in [4.69, 9.17) is 0 Å². The Morgan fingerprint density at radius 1 is 1.18 bits per heavy atom. The first-order valence-electron chi connectivity index (χ1n) is 5.63. The lowest BCUT2D eigenvalue weighted by atomic mass is 10.1. The summed E-state index contributed by atoms with van der Waals surface area (Å²) in [6.07, 6.45) is -1.52. The van der Waals surface area contributed by atoms with Gasteiger partial charge in [-0.2, -0.15) is 13.2 Å². The van der Waals surface area contributed by atoms with E-state index in [2.05, 4.69) is 9.97 Å². The van der Waals surface area contributed by atoms with Crippen LogP contribution in [0.4, 0.5) is 13.2 Å². The van der Waals surface area contributed by atoms with E-state index in [-0.39, 0.29) is 5.82 Å². The number of fused-ring (bicyclic) bond motifs is 1. The second kappa shape index (κ2) is 4.50. The Morgan fingerprint density at radius 3 is 2.59 bits per heavy atom. The van der Waals surface area contributed by atoms with Crippen LogP contribution in [0.15, 0.2) is 4.79 Å². The highest BCUT2D eigenvalue weighted by Crippen LogP contribution is 2.20. The number of H-pyrrole nitrogens is 1. The molecule has 0 saturated carbocycles. The van der Waals surface area contributed by atoms with Crippen molar-refractivity contribution in [1.29, 1.82) is 0 Å². The Bertz CT molecular complexity index is 465. The molecule has 0 bridgehead atoms. The zero-order valence-electron chi connectivity index (χ0n) is 9.23. The fraction of sp³-hybridized carbons (Fsp3) is 0.636. The molecule has 0 spiro atoms. The number of nitrogens with one attached hydrogen (secondary N) is 1. The van der Waals surface area contributed by atoms with Crippen LogP contribution >= 0.6 is 0 Å². The first-order chi connectivity index (χ1) is 7.96. The predicted molar refractivity (Wildman–Crippen MR) is 55.9 cm³/mol. The lowest BCUT2D eigenvalue weighted by Crippen LogP contribution is -2.23. The summed E-state index contributed by atoms with van der Waals surface area (Å²) in [5.41, 5.74) is 0.704. The third kappa shape index (κ3) is 3.08. The summed E-state index contributed by atoms with van der Waals surface area (Å²) in [5, 5.41) is 0. The van der Waals surface area contributed by atoms with Crippen molar-refractivity contribution in [3.8, 4) is 0 Å². The zero-order chi connectivity index (χ0) is 12.5. The Hall–Kier alpha value is -1.33. The summed E-state index contributed by atoms with van der Waals surface area (Å²) in [5.74, 6) is -0.275. The fourth-order valence-corrected chi connectivity index (χ4v) is 2.11. The molecule has 1 aliphatic rings. The molecule has 17 heavy (non-hydrogen) atoms. The molecule has 1 aromatic heterocycles.